The van der Waals surface area contributed by atoms with E-state index in [9.17, 15) is 8.78 Å². The Balaban J connectivity index is 2.37. The second kappa shape index (κ2) is 14.1. The molecule has 0 saturated carbocycles. The summed E-state index contributed by atoms with van der Waals surface area (Å²) < 4.78 is 37.7. The molecule has 0 aliphatic heterocycles. The number of ether oxygens (including phenoxy) is 2. The standard InChI is InChI=1S/C24H40F2O2/c1-5-6-7-8-9-12-15-21(24(2,27-3)28-4)16-13-10-11-14-20-17-18-22(25)23(26)19-20/h17-19,21H,5-16H2,1-4H3. The maximum atomic E-state index is 13.3. The van der Waals surface area contributed by atoms with Crippen LogP contribution in [0.5, 0.6) is 0 Å². The van der Waals surface area contributed by atoms with E-state index in [0.29, 0.717) is 5.92 Å². The molecule has 0 saturated heterocycles. The zero-order valence-electron chi connectivity index (χ0n) is 18.4. The molecule has 28 heavy (non-hydrogen) atoms. The van der Waals surface area contributed by atoms with E-state index < -0.39 is 17.4 Å². The highest BCUT2D eigenvalue weighted by molar-refractivity contribution is 5.17. The molecule has 0 N–H and O–H groups in total. The van der Waals surface area contributed by atoms with Gasteiger partial charge >= 0.3 is 0 Å². The first kappa shape index (κ1) is 25.0. The van der Waals surface area contributed by atoms with Crippen LogP contribution in [-0.4, -0.2) is 20.0 Å². The van der Waals surface area contributed by atoms with Crippen LogP contribution in [0.3, 0.4) is 0 Å². The number of aryl methyl sites for hydroxylation is 1. The maximum absolute atomic E-state index is 13.3. The fourth-order valence-corrected chi connectivity index (χ4v) is 3.85. The third kappa shape index (κ3) is 9.00. The quantitative estimate of drug-likeness (QED) is 0.213. The number of unbranched alkanes of at least 4 members (excludes halogenated alkanes) is 7. The Hall–Kier alpha value is -1.00. The molecule has 0 heterocycles. The summed E-state index contributed by atoms with van der Waals surface area (Å²) in [5.41, 5.74) is 0.862. The van der Waals surface area contributed by atoms with E-state index >= 15 is 0 Å². The Kier molecular flexibility index (Phi) is 12.6. The minimum atomic E-state index is -0.778. The van der Waals surface area contributed by atoms with E-state index in [1.807, 2.05) is 6.92 Å². The van der Waals surface area contributed by atoms with E-state index in [0.717, 1.165) is 44.1 Å². The fourth-order valence-electron chi connectivity index (χ4n) is 3.85. The number of methoxy groups -OCH3 is 2. The first-order valence-corrected chi connectivity index (χ1v) is 11.0. The van der Waals surface area contributed by atoms with Gasteiger partial charge in [-0.3, -0.25) is 0 Å². The van der Waals surface area contributed by atoms with Crippen LogP contribution in [-0.2, 0) is 15.9 Å². The van der Waals surface area contributed by atoms with Gasteiger partial charge < -0.3 is 9.47 Å². The van der Waals surface area contributed by atoms with Crippen LogP contribution < -0.4 is 0 Å². The van der Waals surface area contributed by atoms with Crippen molar-refractivity contribution in [2.45, 2.75) is 96.7 Å². The second-order valence-corrected chi connectivity index (χ2v) is 8.03. The molecular formula is C24H40F2O2. The Morgan fingerprint density at radius 2 is 1.39 bits per heavy atom. The first-order valence-electron chi connectivity index (χ1n) is 11.0. The molecule has 4 heteroatoms. The predicted molar refractivity (Wildman–Crippen MR) is 112 cm³/mol. The van der Waals surface area contributed by atoms with Crippen LogP contribution in [0, 0.1) is 17.6 Å². The van der Waals surface area contributed by atoms with Crippen LogP contribution in [0.15, 0.2) is 18.2 Å². The third-order valence-corrected chi connectivity index (χ3v) is 5.96. The lowest BCUT2D eigenvalue weighted by atomic mass is 9.87. The van der Waals surface area contributed by atoms with E-state index in [1.54, 1.807) is 20.3 Å². The van der Waals surface area contributed by atoms with Gasteiger partial charge in [-0.15, -0.1) is 0 Å². The van der Waals surface area contributed by atoms with E-state index in [-0.39, 0.29) is 0 Å². The lowest BCUT2D eigenvalue weighted by Gasteiger charge is -2.35. The molecule has 0 bridgehead atoms. The number of hydrogen-bond acceptors (Lipinski definition) is 2. The molecule has 0 spiro atoms. The molecule has 0 aliphatic rings. The SMILES string of the molecule is CCCCCCCCC(CCCCCc1ccc(F)c(F)c1)C(C)(OC)OC. The van der Waals surface area contributed by atoms with Crippen molar-refractivity contribution in [3.8, 4) is 0 Å². The Labute approximate surface area is 171 Å². The van der Waals surface area contributed by atoms with Crippen molar-refractivity contribution in [2.75, 3.05) is 14.2 Å². The fraction of sp³-hybridized carbons (Fsp3) is 0.750. The molecule has 1 unspecified atom stereocenters. The summed E-state index contributed by atoms with van der Waals surface area (Å²) in [6, 6.07) is 4.19. The van der Waals surface area contributed by atoms with Gasteiger partial charge in [0.1, 0.15) is 0 Å². The van der Waals surface area contributed by atoms with E-state index in [4.69, 9.17) is 9.47 Å². The lowest BCUT2D eigenvalue weighted by molar-refractivity contribution is -0.230. The lowest BCUT2D eigenvalue weighted by Crippen LogP contribution is -2.39. The van der Waals surface area contributed by atoms with Crippen molar-refractivity contribution in [3.63, 3.8) is 0 Å². The summed E-state index contributed by atoms with van der Waals surface area (Å²) >= 11 is 0. The molecular weight excluding hydrogens is 358 g/mol. The number of hydrogen-bond donors (Lipinski definition) is 0. The summed E-state index contributed by atoms with van der Waals surface area (Å²) in [6.45, 7) is 4.28. The van der Waals surface area contributed by atoms with Crippen molar-refractivity contribution in [1.82, 2.24) is 0 Å². The molecule has 1 atom stereocenters. The summed E-state index contributed by atoms with van der Waals surface area (Å²) in [7, 11) is 3.45. The van der Waals surface area contributed by atoms with Crippen LogP contribution >= 0.6 is 0 Å². The largest absolute Gasteiger partial charge is 0.353 e. The molecule has 0 radical (unpaired) electrons. The highest BCUT2D eigenvalue weighted by atomic mass is 19.2. The van der Waals surface area contributed by atoms with Crippen LogP contribution in [0.4, 0.5) is 8.78 Å². The van der Waals surface area contributed by atoms with Crippen molar-refractivity contribution in [3.05, 3.63) is 35.4 Å². The molecule has 0 aliphatic carbocycles. The van der Waals surface area contributed by atoms with Crippen LogP contribution in [0.1, 0.15) is 90.0 Å². The van der Waals surface area contributed by atoms with Gasteiger partial charge in [0.15, 0.2) is 17.4 Å². The Morgan fingerprint density at radius 3 is 1.96 bits per heavy atom. The molecule has 0 aromatic heterocycles. The second-order valence-electron chi connectivity index (χ2n) is 8.03. The van der Waals surface area contributed by atoms with Gasteiger partial charge in [-0.25, -0.2) is 8.78 Å². The van der Waals surface area contributed by atoms with Crippen molar-refractivity contribution >= 4 is 0 Å². The first-order chi connectivity index (χ1) is 13.5. The Bertz CT molecular complexity index is 529. The van der Waals surface area contributed by atoms with Gasteiger partial charge in [-0.1, -0.05) is 64.4 Å². The summed E-state index contributed by atoms with van der Waals surface area (Å²) in [6.07, 6.45) is 13.8. The van der Waals surface area contributed by atoms with Gasteiger partial charge in [-0.2, -0.15) is 0 Å². The maximum Gasteiger partial charge on any atom is 0.167 e. The average Bonchev–Trinajstić information content (AvgIpc) is 2.70. The molecule has 1 aromatic rings. The normalized spacial score (nSPS) is 13.1. The zero-order chi connectivity index (χ0) is 20.8. The molecule has 1 rings (SSSR count). The van der Waals surface area contributed by atoms with E-state index in [1.165, 1.54) is 50.7 Å². The summed E-state index contributed by atoms with van der Waals surface area (Å²) in [4.78, 5) is 0. The molecule has 0 amide bonds. The monoisotopic (exact) mass is 398 g/mol. The Morgan fingerprint density at radius 1 is 0.821 bits per heavy atom. The van der Waals surface area contributed by atoms with Crippen LogP contribution in [0.25, 0.3) is 0 Å². The topological polar surface area (TPSA) is 18.5 Å². The molecule has 1 aromatic carbocycles. The smallest absolute Gasteiger partial charge is 0.167 e. The van der Waals surface area contributed by atoms with Crippen molar-refractivity contribution < 1.29 is 18.3 Å². The number of rotatable bonds is 16. The molecule has 0 fully saturated rings. The van der Waals surface area contributed by atoms with Gasteiger partial charge in [0.2, 0.25) is 0 Å². The highest BCUT2D eigenvalue weighted by Crippen LogP contribution is 2.32. The summed E-state index contributed by atoms with van der Waals surface area (Å²) in [5, 5.41) is 0. The van der Waals surface area contributed by atoms with Gasteiger partial charge in [0.25, 0.3) is 0 Å². The van der Waals surface area contributed by atoms with Crippen molar-refractivity contribution in [2.24, 2.45) is 5.92 Å². The molecule has 2 nitrogen and oxygen atoms in total. The minimum absolute atomic E-state index is 0.372. The predicted octanol–water partition coefficient (Wildman–Crippen LogP) is 7.44. The van der Waals surface area contributed by atoms with Crippen molar-refractivity contribution in [1.29, 1.82) is 0 Å². The number of benzene rings is 1. The minimum Gasteiger partial charge on any atom is -0.353 e. The summed E-state index contributed by atoms with van der Waals surface area (Å²) in [5.74, 6) is -1.70. The highest BCUT2D eigenvalue weighted by Gasteiger charge is 2.33. The average molecular weight is 399 g/mol. The zero-order valence-corrected chi connectivity index (χ0v) is 18.4. The van der Waals surface area contributed by atoms with Gasteiger partial charge in [0, 0.05) is 20.1 Å². The van der Waals surface area contributed by atoms with Gasteiger partial charge in [0.05, 0.1) is 0 Å². The third-order valence-electron chi connectivity index (χ3n) is 5.96. The van der Waals surface area contributed by atoms with Gasteiger partial charge in [-0.05, 0) is 50.3 Å². The van der Waals surface area contributed by atoms with E-state index in [2.05, 4.69) is 6.92 Å². The molecule has 162 valence electrons. The van der Waals surface area contributed by atoms with Crippen LogP contribution in [0.2, 0.25) is 0 Å². The number of halogens is 2.